The quantitative estimate of drug-likeness (QED) is 0.731. The van der Waals surface area contributed by atoms with Crippen LogP contribution in [0.4, 0.5) is 0 Å². The minimum atomic E-state index is -0.573. The van der Waals surface area contributed by atoms with Crippen LogP contribution in [-0.4, -0.2) is 41.9 Å². The number of carbonyl (C=O) groups is 2. The van der Waals surface area contributed by atoms with Gasteiger partial charge in [0, 0.05) is 30.2 Å². The van der Waals surface area contributed by atoms with E-state index in [0.717, 1.165) is 18.4 Å². The molecule has 1 atom stereocenters. The summed E-state index contributed by atoms with van der Waals surface area (Å²) in [5.41, 5.74) is 0.984. The van der Waals surface area contributed by atoms with Crippen molar-refractivity contribution in [2.24, 2.45) is 0 Å². The van der Waals surface area contributed by atoms with Crippen molar-refractivity contribution in [1.29, 1.82) is 0 Å². The smallest absolute Gasteiger partial charge is 0.263 e. The van der Waals surface area contributed by atoms with Crippen molar-refractivity contribution in [2.75, 3.05) is 13.1 Å². The van der Waals surface area contributed by atoms with Crippen molar-refractivity contribution >= 4 is 29.5 Å². The Labute approximate surface area is 176 Å². The van der Waals surface area contributed by atoms with Gasteiger partial charge in [-0.1, -0.05) is 41.9 Å². The number of likely N-dealkylation sites (tertiary alicyclic amines) is 1. The van der Waals surface area contributed by atoms with E-state index in [1.807, 2.05) is 30.3 Å². The lowest BCUT2D eigenvalue weighted by Crippen LogP contribution is -2.49. The van der Waals surface area contributed by atoms with Gasteiger partial charge in [0.25, 0.3) is 5.91 Å². The number of halogens is 1. The molecule has 0 aliphatic carbocycles. The number of piperidine rings is 1. The molecule has 1 unspecified atom stereocenters. The standard InChI is InChI=1S/C23H25ClN2O3/c1-17(29-21-10-8-19(24)9-11-21)23(28)26-15-13-20(14-16-26)25-22(27)12-7-18-5-3-2-4-6-18/h2-12,17,20H,13-16H2,1H3,(H,25,27)/b12-7+. The Kier molecular flexibility index (Phi) is 7.30. The Morgan fingerprint density at radius 1 is 1.10 bits per heavy atom. The van der Waals surface area contributed by atoms with Crippen molar-refractivity contribution < 1.29 is 14.3 Å². The van der Waals surface area contributed by atoms with E-state index in [-0.39, 0.29) is 17.9 Å². The lowest BCUT2D eigenvalue weighted by Gasteiger charge is -2.33. The second kappa shape index (κ2) is 10.1. The predicted octanol–water partition coefficient (Wildman–Crippen LogP) is 3.93. The maximum Gasteiger partial charge on any atom is 0.263 e. The summed E-state index contributed by atoms with van der Waals surface area (Å²) in [5, 5.41) is 3.64. The molecule has 2 aromatic rings. The van der Waals surface area contributed by atoms with Gasteiger partial charge in [0.15, 0.2) is 6.10 Å². The number of nitrogens with zero attached hydrogens (tertiary/aromatic N) is 1. The van der Waals surface area contributed by atoms with E-state index in [1.165, 1.54) is 0 Å². The second-order valence-electron chi connectivity index (χ2n) is 7.07. The van der Waals surface area contributed by atoms with Gasteiger partial charge in [0.05, 0.1) is 0 Å². The third-order valence-electron chi connectivity index (χ3n) is 4.85. The number of nitrogens with one attached hydrogen (secondary N) is 1. The first-order chi connectivity index (χ1) is 14.0. The third kappa shape index (κ3) is 6.36. The summed E-state index contributed by atoms with van der Waals surface area (Å²) >= 11 is 5.87. The molecule has 6 heteroatoms. The fourth-order valence-electron chi connectivity index (χ4n) is 3.25. The van der Waals surface area contributed by atoms with Crippen molar-refractivity contribution in [3.05, 3.63) is 71.3 Å². The molecule has 3 rings (SSSR count). The molecule has 2 aromatic carbocycles. The van der Waals surface area contributed by atoms with Crippen LogP contribution in [0.1, 0.15) is 25.3 Å². The van der Waals surface area contributed by atoms with Crippen molar-refractivity contribution in [1.82, 2.24) is 10.2 Å². The molecule has 1 saturated heterocycles. The molecule has 1 aliphatic rings. The van der Waals surface area contributed by atoms with Gasteiger partial charge in [0.2, 0.25) is 5.91 Å². The predicted molar refractivity (Wildman–Crippen MR) is 115 cm³/mol. The van der Waals surface area contributed by atoms with Crippen LogP contribution in [0.3, 0.4) is 0 Å². The summed E-state index contributed by atoms with van der Waals surface area (Å²) in [6.07, 6.45) is 4.23. The van der Waals surface area contributed by atoms with E-state index in [9.17, 15) is 9.59 Å². The lowest BCUT2D eigenvalue weighted by atomic mass is 10.0. The first kappa shape index (κ1) is 20.9. The van der Waals surface area contributed by atoms with Crippen LogP contribution >= 0.6 is 11.6 Å². The largest absolute Gasteiger partial charge is 0.481 e. The normalized spacial score (nSPS) is 15.9. The minimum Gasteiger partial charge on any atom is -0.481 e. The molecule has 0 spiro atoms. The Morgan fingerprint density at radius 3 is 2.41 bits per heavy atom. The Bertz CT molecular complexity index is 844. The second-order valence-corrected chi connectivity index (χ2v) is 7.50. The fraction of sp³-hybridized carbons (Fsp3) is 0.304. The van der Waals surface area contributed by atoms with Gasteiger partial charge in [0.1, 0.15) is 5.75 Å². The molecule has 1 fully saturated rings. The fourth-order valence-corrected chi connectivity index (χ4v) is 3.38. The van der Waals surface area contributed by atoms with Gasteiger partial charge in [-0.25, -0.2) is 0 Å². The molecule has 0 saturated carbocycles. The number of rotatable bonds is 6. The van der Waals surface area contributed by atoms with Crippen LogP contribution in [-0.2, 0) is 9.59 Å². The molecule has 29 heavy (non-hydrogen) atoms. The molecule has 5 nitrogen and oxygen atoms in total. The van der Waals surface area contributed by atoms with Gasteiger partial charge in [-0.05, 0) is 55.7 Å². The molecular formula is C23H25ClN2O3. The van der Waals surface area contributed by atoms with E-state index in [0.29, 0.717) is 23.9 Å². The molecule has 0 bridgehead atoms. The lowest BCUT2D eigenvalue weighted by molar-refractivity contribution is -0.139. The van der Waals surface area contributed by atoms with Crippen molar-refractivity contribution in [3.63, 3.8) is 0 Å². The van der Waals surface area contributed by atoms with Gasteiger partial charge in [-0.3, -0.25) is 9.59 Å². The average Bonchev–Trinajstić information content (AvgIpc) is 2.74. The van der Waals surface area contributed by atoms with Gasteiger partial charge < -0.3 is 15.0 Å². The van der Waals surface area contributed by atoms with E-state index in [1.54, 1.807) is 48.2 Å². The van der Waals surface area contributed by atoms with Crippen LogP contribution in [0.5, 0.6) is 5.75 Å². The number of benzene rings is 2. The third-order valence-corrected chi connectivity index (χ3v) is 5.11. The summed E-state index contributed by atoms with van der Waals surface area (Å²) in [5.74, 6) is 0.453. The molecule has 1 aliphatic heterocycles. The molecule has 0 aromatic heterocycles. The Morgan fingerprint density at radius 2 is 1.76 bits per heavy atom. The molecular weight excluding hydrogens is 388 g/mol. The summed E-state index contributed by atoms with van der Waals surface area (Å²) in [4.78, 5) is 26.6. The summed E-state index contributed by atoms with van der Waals surface area (Å²) < 4.78 is 5.72. The van der Waals surface area contributed by atoms with E-state index < -0.39 is 6.10 Å². The maximum absolute atomic E-state index is 12.6. The van der Waals surface area contributed by atoms with Crippen LogP contribution in [0.2, 0.25) is 5.02 Å². The highest BCUT2D eigenvalue weighted by Gasteiger charge is 2.27. The van der Waals surface area contributed by atoms with E-state index in [2.05, 4.69) is 5.32 Å². The highest BCUT2D eigenvalue weighted by atomic mass is 35.5. The number of ether oxygens (including phenoxy) is 1. The molecule has 1 heterocycles. The SMILES string of the molecule is CC(Oc1ccc(Cl)cc1)C(=O)N1CCC(NC(=O)/C=C/c2ccccc2)CC1. The number of hydrogen-bond donors (Lipinski definition) is 1. The number of carbonyl (C=O) groups excluding carboxylic acids is 2. The van der Waals surface area contributed by atoms with Gasteiger partial charge in [-0.15, -0.1) is 0 Å². The Balaban J connectivity index is 1.43. The van der Waals surface area contributed by atoms with Crippen LogP contribution < -0.4 is 10.1 Å². The highest BCUT2D eigenvalue weighted by molar-refractivity contribution is 6.30. The zero-order valence-electron chi connectivity index (χ0n) is 16.4. The van der Waals surface area contributed by atoms with Crippen LogP contribution in [0.15, 0.2) is 60.7 Å². The monoisotopic (exact) mass is 412 g/mol. The average molecular weight is 413 g/mol. The number of hydrogen-bond acceptors (Lipinski definition) is 3. The zero-order chi connectivity index (χ0) is 20.6. The summed E-state index contributed by atoms with van der Waals surface area (Å²) in [6, 6.07) is 16.7. The Hall–Kier alpha value is -2.79. The molecule has 2 amide bonds. The van der Waals surface area contributed by atoms with Crippen molar-refractivity contribution in [2.45, 2.75) is 31.9 Å². The minimum absolute atomic E-state index is 0.0475. The van der Waals surface area contributed by atoms with Crippen LogP contribution in [0, 0.1) is 0 Å². The van der Waals surface area contributed by atoms with E-state index in [4.69, 9.17) is 16.3 Å². The first-order valence-corrected chi connectivity index (χ1v) is 10.1. The molecule has 1 N–H and O–H groups in total. The number of amides is 2. The summed E-state index contributed by atoms with van der Waals surface area (Å²) in [6.45, 7) is 2.94. The highest BCUT2D eigenvalue weighted by Crippen LogP contribution is 2.18. The van der Waals surface area contributed by atoms with Gasteiger partial charge >= 0.3 is 0 Å². The van der Waals surface area contributed by atoms with Gasteiger partial charge in [-0.2, -0.15) is 0 Å². The zero-order valence-corrected chi connectivity index (χ0v) is 17.1. The van der Waals surface area contributed by atoms with Crippen LogP contribution in [0.25, 0.3) is 6.08 Å². The summed E-state index contributed by atoms with van der Waals surface area (Å²) in [7, 11) is 0. The first-order valence-electron chi connectivity index (χ1n) is 9.76. The van der Waals surface area contributed by atoms with E-state index >= 15 is 0 Å². The molecule has 152 valence electrons. The van der Waals surface area contributed by atoms with Crippen molar-refractivity contribution in [3.8, 4) is 5.75 Å². The maximum atomic E-state index is 12.6. The topological polar surface area (TPSA) is 58.6 Å². The molecule has 0 radical (unpaired) electrons.